The molecule has 1 fully saturated rings. The Balaban J connectivity index is 1.42. The van der Waals surface area contributed by atoms with Crippen molar-refractivity contribution in [3.8, 4) is 11.9 Å². The zero-order valence-corrected chi connectivity index (χ0v) is 14.7. The Morgan fingerprint density at radius 2 is 1.88 bits per heavy atom. The Bertz CT molecular complexity index is 773. The first-order valence-electron chi connectivity index (χ1n) is 8.79. The summed E-state index contributed by atoms with van der Waals surface area (Å²) in [5.74, 6) is 0.539. The van der Waals surface area contributed by atoms with Gasteiger partial charge >= 0.3 is 6.03 Å². The number of ether oxygens (including phenoxy) is 1. The number of carbonyl (C=O) groups excluding carboxylic acids is 1. The number of aryl methyl sites for hydroxylation is 1. The summed E-state index contributed by atoms with van der Waals surface area (Å²) in [5.41, 5.74) is 2.47. The monoisotopic (exact) mass is 350 g/mol. The van der Waals surface area contributed by atoms with Crippen LogP contribution >= 0.6 is 0 Å². The van der Waals surface area contributed by atoms with Crippen molar-refractivity contribution < 1.29 is 9.53 Å². The number of nitrogens with zero attached hydrogens (tertiary/aromatic N) is 2. The van der Waals surface area contributed by atoms with Crippen LogP contribution < -0.4 is 15.4 Å². The lowest BCUT2D eigenvalue weighted by Gasteiger charge is -2.29. The molecule has 0 aliphatic heterocycles. The number of rotatable bonds is 4. The molecule has 0 bridgehead atoms. The first-order chi connectivity index (χ1) is 12.6. The molecule has 6 heteroatoms. The van der Waals surface area contributed by atoms with Gasteiger partial charge in [-0.2, -0.15) is 5.26 Å². The average molecular weight is 350 g/mol. The second-order valence-corrected chi connectivity index (χ2v) is 6.55. The van der Waals surface area contributed by atoms with Gasteiger partial charge in [-0.05, 0) is 50.8 Å². The largest absolute Gasteiger partial charge is 0.474 e. The Morgan fingerprint density at radius 1 is 1.15 bits per heavy atom. The van der Waals surface area contributed by atoms with Crippen molar-refractivity contribution in [1.82, 2.24) is 10.3 Å². The minimum absolute atomic E-state index is 0.0913. The third kappa shape index (κ3) is 4.96. The molecule has 0 atom stereocenters. The molecule has 0 spiro atoms. The van der Waals surface area contributed by atoms with Crippen LogP contribution in [0.1, 0.15) is 36.8 Å². The fraction of sp³-hybridized carbons (Fsp3) is 0.350. The predicted octanol–water partition coefficient (Wildman–Crippen LogP) is 3.77. The summed E-state index contributed by atoms with van der Waals surface area (Å²) in [6.07, 6.45) is 5.05. The number of benzene rings is 1. The molecule has 1 aromatic carbocycles. The SMILES string of the molecule is Cc1ccc(NC(=O)NC2CCC(Oc3ccc(C#N)cn3)CC2)cc1. The normalized spacial score (nSPS) is 19.2. The Morgan fingerprint density at radius 3 is 2.50 bits per heavy atom. The minimum Gasteiger partial charge on any atom is -0.474 e. The van der Waals surface area contributed by atoms with Gasteiger partial charge in [0, 0.05) is 24.0 Å². The number of hydrogen-bond acceptors (Lipinski definition) is 4. The van der Waals surface area contributed by atoms with E-state index in [9.17, 15) is 4.79 Å². The Labute approximate surface area is 153 Å². The molecule has 26 heavy (non-hydrogen) atoms. The van der Waals surface area contributed by atoms with E-state index in [2.05, 4.69) is 15.6 Å². The lowest BCUT2D eigenvalue weighted by Crippen LogP contribution is -2.41. The molecule has 1 aliphatic carbocycles. The second kappa shape index (κ2) is 8.34. The van der Waals surface area contributed by atoms with Crippen molar-refractivity contribution >= 4 is 11.7 Å². The lowest BCUT2D eigenvalue weighted by atomic mass is 9.93. The van der Waals surface area contributed by atoms with Crippen molar-refractivity contribution in [1.29, 1.82) is 5.26 Å². The van der Waals surface area contributed by atoms with Crippen molar-refractivity contribution in [2.45, 2.75) is 44.8 Å². The van der Waals surface area contributed by atoms with Gasteiger partial charge in [-0.3, -0.25) is 0 Å². The number of pyridine rings is 1. The number of carbonyl (C=O) groups is 1. The maximum Gasteiger partial charge on any atom is 0.319 e. The van der Waals surface area contributed by atoms with Crippen LogP contribution in [0.4, 0.5) is 10.5 Å². The molecule has 1 aliphatic rings. The highest BCUT2D eigenvalue weighted by atomic mass is 16.5. The summed E-state index contributed by atoms with van der Waals surface area (Å²) < 4.78 is 5.87. The van der Waals surface area contributed by atoms with Gasteiger partial charge in [0.05, 0.1) is 5.56 Å². The van der Waals surface area contributed by atoms with Crippen LogP contribution in [0.2, 0.25) is 0 Å². The standard InChI is InChI=1S/C20H22N4O2/c1-14-2-5-16(6-3-14)23-20(25)24-17-7-9-18(10-8-17)26-19-11-4-15(12-21)13-22-19/h2-6,11,13,17-18H,7-10H2,1H3,(H2,23,24,25). The molecular formula is C20H22N4O2. The van der Waals surface area contributed by atoms with Crippen molar-refractivity contribution in [2.75, 3.05) is 5.32 Å². The molecule has 2 amide bonds. The summed E-state index contributed by atoms with van der Waals surface area (Å²) in [6, 6.07) is 13.2. The topological polar surface area (TPSA) is 87.0 Å². The number of hydrogen-bond donors (Lipinski definition) is 2. The first-order valence-corrected chi connectivity index (χ1v) is 8.79. The van der Waals surface area contributed by atoms with E-state index >= 15 is 0 Å². The van der Waals surface area contributed by atoms with Crippen LogP contribution in [-0.2, 0) is 0 Å². The molecule has 3 rings (SSSR count). The Hall–Kier alpha value is -3.07. The second-order valence-electron chi connectivity index (χ2n) is 6.55. The van der Waals surface area contributed by atoms with Crippen molar-refractivity contribution in [3.63, 3.8) is 0 Å². The van der Waals surface area contributed by atoms with E-state index in [-0.39, 0.29) is 18.2 Å². The van der Waals surface area contributed by atoms with Gasteiger partial charge in [0.2, 0.25) is 5.88 Å². The number of nitriles is 1. The summed E-state index contributed by atoms with van der Waals surface area (Å²) in [5, 5.41) is 14.7. The molecule has 0 unspecified atom stereocenters. The molecule has 0 radical (unpaired) electrons. The van der Waals surface area contributed by atoms with E-state index in [0.717, 1.165) is 36.9 Å². The molecule has 1 aromatic heterocycles. The molecular weight excluding hydrogens is 328 g/mol. The van der Waals surface area contributed by atoms with Crippen molar-refractivity contribution in [3.05, 3.63) is 53.7 Å². The van der Waals surface area contributed by atoms with Crippen LogP contribution in [0.3, 0.4) is 0 Å². The van der Waals surface area contributed by atoms with Crippen LogP contribution in [0.5, 0.6) is 5.88 Å². The lowest BCUT2D eigenvalue weighted by molar-refractivity contribution is 0.135. The van der Waals surface area contributed by atoms with Gasteiger partial charge in [0.15, 0.2) is 0 Å². The highest BCUT2D eigenvalue weighted by molar-refractivity contribution is 5.89. The number of aromatic nitrogens is 1. The molecule has 2 aromatic rings. The van der Waals surface area contributed by atoms with Gasteiger partial charge in [-0.15, -0.1) is 0 Å². The fourth-order valence-corrected chi connectivity index (χ4v) is 3.00. The molecule has 2 N–H and O–H groups in total. The van der Waals surface area contributed by atoms with Gasteiger partial charge in [-0.25, -0.2) is 9.78 Å². The third-order valence-electron chi connectivity index (χ3n) is 4.47. The summed E-state index contributed by atoms with van der Waals surface area (Å²) in [6.45, 7) is 2.01. The van der Waals surface area contributed by atoms with Crippen LogP contribution in [0.25, 0.3) is 0 Å². The highest BCUT2D eigenvalue weighted by Gasteiger charge is 2.24. The van der Waals surface area contributed by atoms with Gasteiger partial charge in [0.1, 0.15) is 12.2 Å². The third-order valence-corrected chi connectivity index (χ3v) is 4.47. The number of urea groups is 1. The van der Waals surface area contributed by atoms with Crippen LogP contribution in [0, 0.1) is 18.3 Å². The fourth-order valence-electron chi connectivity index (χ4n) is 3.00. The van der Waals surface area contributed by atoms with Crippen molar-refractivity contribution in [2.24, 2.45) is 0 Å². The maximum atomic E-state index is 12.1. The van der Waals surface area contributed by atoms with E-state index in [1.54, 1.807) is 12.1 Å². The van der Waals surface area contributed by atoms with Gasteiger partial charge < -0.3 is 15.4 Å². The van der Waals surface area contributed by atoms with Gasteiger partial charge in [0.25, 0.3) is 0 Å². The van der Waals surface area contributed by atoms with Crippen LogP contribution in [0.15, 0.2) is 42.6 Å². The highest BCUT2D eigenvalue weighted by Crippen LogP contribution is 2.23. The van der Waals surface area contributed by atoms with E-state index in [1.807, 2.05) is 37.3 Å². The smallest absolute Gasteiger partial charge is 0.319 e. The van der Waals surface area contributed by atoms with E-state index in [0.29, 0.717) is 11.4 Å². The zero-order valence-electron chi connectivity index (χ0n) is 14.7. The number of amides is 2. The molecule has 134 valence electrons. The quantitative estimate of drug-likeness (QED) is 0.878. The number of nitrogens with one attached hydrogen (secondary N) is 2. The minimum atomic E-state index is -0.174. The molecule has 1 heterocycles. The Kier molecular flexibility index (Phi) is 5.69. The van der Waals surface area contributed by atoms with E-state index in [4.69, 9.17) is 10.00 Å². The molecule has 0 saturated heterocycles. The molecule has 6 nitrogen and oxygen atoms in total. The van der Waals surface area contributed by atoms with Gasteiger partial charge in [-0.1, -0.05) is 17.7 Å². The number of anilines is 1. The van der Waals surface area contributed by atoms with Crippen LogP contribution in [-0.4, -0.2) is 23.2 Å². The summed E-state index contributed by atoms with van der Waals surface area (Å²) >= 11 is 0. The predicted molar refractivity (Wildman–Crippen MR) is 99.0 cm³/mol. The average Bonchev–Trinajstić information content (AvgIpc) is 2.66. The zero-order chi connectivity index (χ0) is 18.4. The maximum absolute atomic E-state index is 12.1. The van der Waals surface area contributed by atoms with E-state index in [1.165, 1.54) is 6.20 Å². The summed E-state index contributed by atoms with van der Waals surface area (Å²) in [7, 11) is 0. The molecule has 1 saturated carbocycles. The summed E-state index contributed by atoms with van der Waals surface area (Å²) in [4.78, 5) is 16.2. The van der Waals surface area contributed by atoms with E-state index < -0.39 is 0 Å². The first kappa shape index (κ1) is 17.7.